The van der Waals surface area contributed by atoms with Gasteiger partial charge >= 0.3 is 5.97 Å². The van der Waals surface area contributed by atoms with Crippen LogP contribution in [-0.4, -0.2) is 34.7 Å². The standard InChI is InChI=1S/C21H25NO6S/c1-14(2)20(16-7-10-18-19(13-16)28-12-4-11-27-18)22-29(24,25)17-8-5-15(6-9-17)21(23)26-3/h5-10,13-14,20,22H,4,11-12H2,1-3H3. The second kappa shape index (κ2) is 8.84. The Balaban J connectivity index is 1.86. The van der Waals surface area contributed by atoms with Crippen LogP contribution in [0.3, 0.4) is 0 Å². The number of fused-ring (bicyclic) bond motifs is 1. The lowest BCUT2D eigenvalue weighted by Crippen LogP contribution is -2.31. The van der Waals surface area contributed by atoms with Crippen molar-refractivity contribution in [2.75, 3.05) is 20.3 Å². The van der Waals surface area contributed by atoms with E-state index >= 15 is 0 Å². The summed E-state index contributed by atoms with van der Waals surface area (Å²) in [7, 11) is -2.53. The van der Waals surface area contributed by atoms with Crippen molar-refractivity contribution in [2.45, 2.75) is 31.2 Å². The van der Waals surface area contributed by atoms with Crippen molar-refractivity contribution in [3.8, 4) is 11.5 Å². The van der Waals surface area contributed by atoms with Crippen LogP contribution in [0.4, 0.5) is 0 Å². The second-order valence-electron chi connectivity index (χ2n) is 7.12. The van der Waals surface area contributed by atoms with E-state index in [0.717, 1.165) is 12.0 Å². The van der Waals surface area contributed by atoms with E-state index in [1.54, 1.807) is 0 Å². The minimum Gasteiger partial charge on any atom is -0.490 e. The fourth-order valence-corrected chi connectivity index (χ4v) is 4.46. The van der Waals surface area contributed by atoms with E-state index in [9.17, 15) is 13.2 Å². The molecule has 0 bridgehead atoms. The minimum atomic E-state index is -3.80. The molecule has 0 saturated carbocycles. The van der Waals surface area contributed by atoms with Crippen molar-refractivity contribution in [1.82, 2.24) is 4.72 Å². The number of hydrogen-bond acceptors (Lipinski definition) is 6. The molecule has 1 heterocycles. The van der Waals surface area contributed by atoms with E-state index in [2.05, 4.69) is 9.46 Å². The molecule has 2 aromatic carbocycles. The average molecular weight is 419 g/mol. The van der Waals surface area contributed by atoms with Crippen LogP contribution < -0.4 is 14.2 Å². The zero-order chi connectivity index (χ0) is 21.0. The maximum absolute atomic E-state index is 12.9. The van der Waals surface area contributed by atoms with Gasteiger partial charge in [0.25, 0.3) is 0 Å². The van der Waals surface area contributed by atoms with Crippen molar-refractivity contribution >= 4 is 16.0 Å². The smallest absolute Gasteiger partial charge is 0.337 e. The van der Waals surface area contributed by atoms with Gasteiger partial charge in [0.15, 0.2) is 11.5 Å². The summed E-state index contributed by atoms with van der Waals surface area (Å²) in [6.07, 6.45) is 0.797. The fraction of sp³-hybridized carbons (Fsp3) is 0.381. The number of esters is 1. The number of sulfonamides is 1. The molecule has 3 rings (SSSR count). The zero-order valence-corrected chi connectivity index (χ0v) is 17.5. The number of benzene rings is 2. The quantitative estimate of drug-likeness (QED) is 0.723. The van der Waals surface area contributed by atoms with Gasteiger partial charge in [-0.3, -0.25) is 0 Å². The molecule has 0 spiro atoms. The van der Waals surface area contributed by atoms with Gasteiger partial charge in [-0.05, 0) is 47.9 Å². The molecule has 0 aliphatic carbocycles. The molecule has 2 aromatic rings. The summed E-state index contributed by atoms with van der Waals surface area (Å²) in [5.74, 6) is 0.750. The van der Waals surface area contributed by atoms with Gasteiger partial charge in [0.05, 0.1) is 30.8 Å². The molecule has 0 amide bonds. The lowest BCUT2D eigenvalue weighted by atomic mass is 9.97. The van der Waals surface area contributed by atoms with Crippen LogP contribution >= 0.6 is 0 Å². The Hall–Kier alpha value is -2.58. The van der Waals surface area contributed by atoms with Crippen LogP contribution in [0.1, 0.15) is 42.2 Å². The molecule has 1 aliphatic rings. The Morgan fingerprint density at radius 1 is 1.03 bits per heavy atom. The number of carbonyl (C=O) groups excluding carboxylic acids is 1. The summed E-state index contributed by atoms with van der Waals surface area (Å²) in [5.41, 5.74) is 1.08. The summed E-state index contributed by atoms with van der Waals surface area (Å²) >= 11 is 0. The molecule has 0 radical (unpaired) electrons. The lowest BCUT2D eigenvalue weighted by molar-refractivity contribution is 0.0600. The maximum Gasteiger partial charge on any atom is 0.337 e. The largest absolute Gasteiger partial charge is 0.490 e. The van der Waals surface area contributed by atoms with Crippen LogP contribution in [0, 0.1) is 5.92 Å². The molecule has 1 unspecified atom stereocenters. The van der Waals surface area contributed by atoms with E-state index in [4.69, 9.17) is 9.47 Å². The van der Waals surface area contributed by atoms with Crippen molar-refractivity contribution < 1.29 is 27.4 Å². The molecule has 8 heteroatoms. The Morgan fingerprint density at radius 2 is 1.69 bits per heavy atom. The van der Waals surface area contributed by atoms with Gasteiger partial charge in [0.1, 0.15) is 0 Å². The van der Waals surface area contributed by atoms with Crippen LogP contribution in [0.2, 0.25) is 0 Å². The van der Waals surface area contributed by atoms with E-state index in [0.29, 0.717) is 24.7 Å². The molecule has 29 heavy (non-hydrogen) atoms. The number of methoxy groups -OCH3 is 1. The Morgan fingerprint density at radius 3 is 2.31 bits per heavy atom. The number of nitrogens with one attached hydrogen (secondary N) is 1. The highest BCUT2D eigenvalue weighted by Gasteiger charge is 2.25. The first kappa shape index (κ1) is 21.1. The highest BCUT2D eigenvalue weighted by molar-refractivity contribution is 7.89. The minimum absolute atomic E-state index is 0.0103. The molecular formula is C21H25NO6S. The van der Waals surface area contributed by atoms with Gasteiger partial charge in [-0.25, -0.2) is 17.9 Å². The van der Waals surface area contributed by atoms with Crippen molar-refractivity contribution in [1.29, 1.82) is 0 Å². The summed E-state index contributed by atoms with van der Waals surface area (Å²) in [4.78, 5) is 11.6. The van der Waals surface area contributed by atoms with Gasteiger partial charge in [-0.2, -0.15) is 0 Å². The van der Waals surface area contributed by atoms with Gasteiger partial charge in [-0.1, -0.05) is 19.9 Å². The predicted octanol–water partition coefficient (Wildman–Crippen LogP) is 3.31. The van der Waals surface area contributed by atoms with E-state index in [1.165, 1.54) is 31.4 Å². The SMILES string of the molecule is COC(=O)c1ccc(S(=O)(=O)NC(c2ccc3c(c2)OCCCO3)C(C)C)cc1. The predicted molar refractivity (Wildman–Crippen MR) is 108 cm³/mol. The van der Waals surface area contributed by atoms with Crippen LogP contribution in [-0.2, 0) is 14.8 Å². The third kappa shape index (κ3) is 4.89. The summed E-state index contributed by atoms with van der Waals surface area (Å²) < 4.78 is 44.7. The van der Waals surface area contributed by atoms with Gasteiger partial charge in [0, 0.05) is 12.5 Å². The molecule has 1 aliphatic heterocycles. The first-order valence-electron chi connectivity index (χ1n) is 9.42. The first-order valence-corrected chi connectivity index (χ1v) is 10.9. The highest BCUT2D eigenvalue weighted by Crippen LogP contribution is 2.34. The van der Waals surface area contributed by atoms with E-state index in [1.807, 2.05) is 32.0 Å². The topological polar surface area (TPSA) is 90.9 Å². The van der Waals surface area contributed by atoms with E-state index < -0.39 is 22.0 Å². The van der Waals surface area contributed by atoms with Gasteiger partial charge in [-0.15, -0.1) is 0 Å². The maximum atomic E-state index is 12.9. The monoisotopic (exact) mass is 419 g/mol. The zero-order valence-electron chi connectivity index (χ0n) is 16.7. The number of ether oxygens (including phenoxy) is 3. The fourth-order valence-electron chi connectivity index (χ4n) is 3.09. The second-order valence-corrected chi connectivity index (χ2v) is 8.83. The molecule has 1 atom stereocenters. The highest BCUT2D eigenvalue weighted by atomic mass is 32.2. The van der Waals surface area contributed by atoms with Crippen molar-refractivity contribution in [3.63, 3.8) is 0 Å². The third-order valence-corrected chi connectivity index (χ3v) is 6.12. The molecular weight excluding hydrogens is 394 g/mol. The molecule has 0 saturated heterocycles. The van der Waals surface area contributed by atoms with Crippen LogP contribution in [0.5, 0.6) is 11.5 Å². The Bertz CT molecular complexity index is 969. The van der Waals surface area contributed by atoms with Crippen molar-refractivity contribution in [3.05, 3.63) is 53.6 Å². The Labute approximate surface area is 171 Å². The molecule has 0 fully saturated rings. The Kier molecular flexibility index (Phi) is 6.44. The molecule has 1 N–H and O–H groups in total. The normalized spacial score (nSPS) is 14.9. The molecule has 0 aromatic heterocycles. The molecule has 156 valence electrons. The van der Waals surface area contributed by atoms with E-state index in [-0.39, 0.29) is 16.4 Å². The number of carbonyl (C=O) groups is 1. The molecule has 7 nitrogen and oxygen atoms in total. The average Bonchev–Trinajstić information content (AvgIpc) is 2.96. The third-order valence-electron chi connectivity index (χ3n) is 4.67. The van der Waals surface area contributed by atoms with Gasteiger partial charge in [0.2, 0.25) is 10.0 Å². The lowest BCUT2D eigenvalue weighted by Gasteiger charge is -2.24. The number of hydrogen-bond donors (Lipinski definition) is 1. The summed E-state index contributed by atoms with van der Waals surface area (Å²) in [6.45, 7) is 5.03. The van der Waals surface area contributed by atoms with Crippen LogP contribution in [0.15, 0.2) is 47.4 Å². The van der Waals surface area contributed by atoms with Gasteiger partial charge < -0.3 is 14.2 Å². The summed E-state index contributed by atoms with van der Waals surface area (Å²) in [5, 5.41) is 0. The number of rotatable bonds is 6. The van der Waals surface area contributed by atoms with Crippen LogP contribution in [0.25, 0.3) is 0 Å². The van der Waals surface area contributed by atoms with Crippen molar-refractivity contribution in [2.24, 2.45) is 5.92 Å². The summed E-state index contributed by atoms with van der Waals surface area (Å²) in [6, 6.07) is 10.7. The first-order chi connectivity index (χ1) is 13.8.